The van der Waals surface area contributed by atoms with Crippen LogP contribution in [0.25, 0.3) is 0 Å². The van der Waals surface area contributed by atoms with Gasteiger partial charge >= 0.3 is 0 Å². The van der Waals surface area contributed by atoms with Crippen LogP contribution in [0.4, 0.5) is 5.69 Å². The lowest BCUT2D eigenvalue weighted by Gasteiger charge is -2.23. The number of carbonyl (C=O) groups is 1. The summed E-state index contributed by atoms with van der Waals surface area (Å²) in [4.78, 5) is 11.5. The Kier molecular flexibility index (Phi) is 6.98. The number of para-hydroxylation sites is 1. The van der Waals surface area contributed by atoms with Crippen molar-refractivity contribution in [3.63, 3.8) is 0 Å². The van der Waals surface area contributed by atoms with E-state index in [9.17, 15) is 13.2 Å². The molecule has 0 aliphatic carbocycles. The topological polar surface area (TPSA) is 66.5 Å². The van der Waals surface area contributed by atoms with Crippen molar-refractivity contribution >= 4 is 33.2 Å². The van der Waals surface area contributed by atoms with Crippen molar-refractivity contribution in [2.24, 2.45) is 0 Å². The number of halogens is 1. The molecular formula is C14H21ClN2O3S. The molecule has 0 unspecified atom stereocenters. The van der Waals surface area contributed by atoms with Gasteiger partial charge in [0.05, 0.1) is 23.5 Å². The number of unbranched alkanes of at least 4 members (excludes halogenated alkanes) is 1. The lowest BCUT2D eigenvalue weighted by Crippen LogP contribution is -2.38. The van der Waals surface area contributed by atoms with E-state index >= 15 is 0 Å². The fourth-order valence-corrected chi connectivity index (χ4v) is 3.07. The van der Waals surface area contributed by atoms with Gasteiger partial charge in [-0.1, -0.05) is 37.1 Å². The van der Waals surface area contributed by atoms with Gasteiger partial charge in [-0.05, 0) is 18.6 Å². The Bertz CT molecular complexity index is 575. The number of nitrogens with zero attached hydrogens (tertiary/aromatic N) is 1. The van der Waals surface area contributed by atoms with E-state index in [1.807, 2.05) is 6.92 Å². The Labute approximate surface area is 131 Å². The van der Waals surface area contributed by atoms with Gasteiger partial charge in [-0.3, -0.25) is 9.10 Å². The fourth-order valence-electron chi connectivity index (χ4n) is 1.84. The number of anilines is 1. The third-order valence-corrected chi connectivity index (χ3v) is 4.42. The molecule has 0 spiro atoms. The van der Waals surface area contributed by atoms with E-state index in [-0.39, 0.29) is 19.0 Å². The number of benzene rings is 1. The molecule has 118 valence electrons. The van der Waals surface area contributed by atoms with Gasteiger partial charge in [0.2, 0.25) is 15.9 Å². The van der Waals surface area contributed by atoms with Gasteiger partial charge in [0.1, 0.15) is 0 Å². The number of carbonyl (C=O) groups excluding carboxylic acids is 1. The maximum absolute atomic E-state index is 11.9. The van der Waals surface area contributed by atoms with E-state index in [1.54, 1.807) is 24.3 Å². The van der Waals surface area contributed by atoms with Crippen molar-refractivity contribution in [1.82, 2.24) is 5.32 Å². The molecule has 0 aliphatic heterocycles. The molecule has 0 radical (unpaired) electrons. The minimum atomic E-state index is -3.46. The molecule has 7 heteroatoms. The first-order valence-corrected chi connectivity index (χ1v) is 9.07. The molecule has 0 fully saturated rings. The van der Waals surface area contributed by atoms with E-state index in [0.29, 0.717) is 17.1 Å². The third-order valence-electron chi connectivity index (χ3n) is 2.92. The van der Waals surface area contributed by atoms with Crippen LogP contribution in [0.15, 0.2) is 24.3 Å². The predicted molar refractivity (Wildman–Crippen MR) is 86.2 cm³/mol. The summed E-state index contributed by atoms with van der Waals surface area (Å²) in [7, 11) is -3.46. The van der Waals surface area contributed by atoms with Crippen molar-refractivity contribution < 1.29 is 13.2 Å². The molecule has 0 saturated carbocycles. The lowest BCUT2D eigenvalue weighted by molar-refractivity contribution is -0.121. The summed E-state index contributed by atoms with van der Waals surface area (Å²) >= 11 is 6.04. The van der Waals surface area contributed by atoms with Crippen molar-refractivity contribution in [2.45, 2.75) is 26.2 Å². The molecule has 0 atom stereocenters. The van der Waals surface area contributed by atoms with E-state index in [4.69, 9.17) is 11.6 Å². The minimum absolute atomic E-state index is 0.0653. The van der Waals surface area contributed by atoms with Crippen LogP contribution in [0.5, 0.6) is 0 Å². The van der Waals surface area contributed by atoms with Crippen molar-refractivity contribution in [2.75, 3.05) is 23.7 Å². The molecular weight excluding hydrogens is 312 g/mol. The van der Waals surface area contributed by atoms with Gasteiger partial charge in [-0.2, -0.15) is 0 Å². The summed E-state index contributed by atoms with van der Waals surface area (Å²) in [5.74, 6) is -0.0653. The van der Waals surface area contributed by atoms with E-state index in [2.05, 4.69) is 5.32 Å². The van der Waals surface area contributed by atoms with E-state index < -0.39 is 10.0 Å². The van der Waals surface area contributed by atoms with Gasteiger partial charge in [-0.25, -0.2) is 8.42 Å². The summed E-state index contributed by atoms with van der Waals surface area (Å²) < 4.78 is 25.0. The van der Waals surface area contributed by atoms with Crippen LogP contribution in [-0.2, 0) is 14.8 Å². The summed E-state index contributed by atoms with van der Waals surface area (Å²) in [5.41, 5.74) is 0.421. The quantitative estimate of drug-likeness (QED) is 0.795. The van der Waals surface area contributed by atoms with Crippen molar-refractivity contribution in [3.8, 4) is 0 Å². The Morgan fingerprint density at radius 1 is 1.33 bits per heavy atom. The molecule has 0 saturated heterocycles. The molecule has 0 bridgehead atoms. The average molecular weight is 333 g/mol. The first kappa shape index (κ1) is 17.8. The number of amides is 1. The highest BCUT2D eigenvalue weighted by Crippen LogP contribution is 2.26. The summed E-state index contributed by atoms with van der Waals surface area (Å²) in [6.07, 6.45) is 3.35. The highest BCUT2D eigenvalue weighted by molar-refractivity contribution is 7.92. The number of hydrogen-bond donors (Lipinski definition) is 1. The maximum Gasteiger partial charge on any atom is 0.232 e. The Morgan fingerprint density at radius 3 is 2.57 bits per heavy atom. The number of hydrogen-bond acceptors (Lipinski definition) is 3. The van der Waals surface area contributed by atoms with E-state index in [1.165, 1.54) is 4.31 Å². The van der Waals surface area contributed by atoms with Gasteiger partial charge in [0, 0.05) is 13.0 Å². The summed E-state index contributed by atoms with van der Waals surface area (Å²) in [5, 5.41) is 3.08. The fraction of sp³-hybridized carbons (Fsp3) is 0.500. The second kappa shape index (κ2) is 8.24. The second-order valence-corrected chi connectivity index (χ2v) is 7.05. The molecule has 1 N–H and O–H groups in total. The van der Waals surface area contributed by atoms with Gasteiger partial charge < -0.3 is 5.32 Å². The van der Waals surface area contributed by atoms with Crippen LogP contribution in [0.3, 0.4) is 0 Å². The first-order valence-electron chi connectivity index (χ1n) is 6.85. The molecule has 0 aromatic heterocycles. The summed E-state index contributed by atoms with van der Waals surface area (Å²) in [6, 6.07) is 6.73. The number of rotatable bonds is 8. The third kappa shape index (κ3) is 5.93. The van der Waals surface area contributed by atoms with Crippen LogP contribution in [0, 0.1) is 0 Å². The zero-order valence-electron chi connectivity index (χ0n) is 12.3. The predicted octanol–water partition coefficient (Wildman–Crippen LogP) is 2.41. The lowest BCUT2D eigenvalue weighted by atomic mass is 10.2. The average Bonchev–Trinajstić information content (AvgIpc) is 2.41. The molecule has 5 nitrogen and oxygen atoms in total. The molecule has 1 aromatic rings. The Balaban J connectivity index is 2.70. The van der Waals surface area contributed by atoms with Crippen LogP contribution in [-0.4, -0.2) is 33.7 Å². The second-order valence-electron chi connectivity index (χ2n) is 4.74. The van der Waals surface area contributed by atoms with Gasteiger partial charge in [0.15, 0.2) is 0 Å². The molecule has 21 heavy (non-hydrogen) atoms. The zero-order valence-corrected chi connectivity index (χ0v) is 13.9. The van der Waals surface area contributed by atoms with Crippen molar-refractivity contribution in [1.29, 1.82) is 0 Å². The molecule has 1 rings (SSSR count). The number of sulfonamides is 1. The number of nitrogens with one attached hydrogen (secondary N) is 1. The molecule has 1 amide bonds. The van der Waals surface area contributed by atoms with Crippen LogP contribution in [0.1, 0.15) is 26.2 Å². The van der Waals surface area contributed by atoms with Crippen LogP contribution >= 0.6 is 11.6 Å². The first-order chi connectivity index (χ1) is 9.86. The SMILES string of the molecule is CCCCC(=O)NCCN(c1ccccc1Cl)S(C)(=O)=O. The largest absolute Gasteiger partial charge is 0.354 e. The Hall–Kier alpha value is -1.27. The summed E-state index contributed by atoms with van der Waals surface area (Å²) in [6.45, 7) is 2.41. The molecule has 0 aliphatic rings. The van der Waals surface area contributed by atoms with Gasteiger partial charge in [0.25, 0.3) is 0 Å². The van der Waals surface area contributed by atoms with E-state index in [0.717, 1.165) is 19.1 Å². The highest BCUT2D eigenvalue weighted by Gasteiger charge is 2.19. The van der Waals surface area contributed by atoms with Gasteiger partial charge in [-0.15, -0.1) is 0 Å². The standard InChI is InChI=1S/C14H21ClN2O3S/c1-3-4-9-14(18)16-10-11-17(21(2,19)20)13-8-6-5-7-12(13)15/h5-8H,3-4,9-11H2,1-2H3,(H,16,18). The molecule has 0 heterocycles. The molecule has 1 aromatic carbocycles. The monoisotopic (exact) mass is 332 g/mol. The van der Waals surface area contributed by atoms with Crippen LogP contribution in [0.2, 0.25) is 5.02 Å². The minimum Gasteiger partial charge on any atom is -0.354 e. The van der Waals surface area contributed by atoms with Crippen molar-refractivity contribution in [3.05, 3.63) is 29.3 Å². The normalized spacial score (nSPS) is 11.2. The van der Waals surface area contributed by atoms with Crippen LogP contribution < -0.4 is 9.62 Å². The highest BCUT2D eigenvalue weighted by atomic mass is 35.5. The Morgan fingerprint density at radius 2 is 2.00 bits per heavy atom. The zero-order chi connectivity index (χ0) is 15.9. The smallest absolute Gasteiger partial charge is 0.232 e. The maximum atomic E-state index is 11.9.